The number of esters is 1. The van der Waals surface area contributed by atoms with Gasteiger partial charge in [-0.1, -0.05) is 26.2 Å². The Balaban J connectivity index is 2.02. The number of aliphatic hydroxyl groups is 2. The quantitative estimate of drug-likeness (QED) is 0.242. The SMILES string of the molecule is CCCCCCOC(=O)c1ccc[n+]([C@@H]2O[C@H](OP(C)(=O)O)[C@H](O)[C@@H]2O)c1. The summed E-state index contributed by atoms with van der Waals surface area (Å²) >= 11 is 0. The lowest BCUT2D eigenvalue weighted by molar-refractivity contribution is -0.767. The van der Waals surface area contributed by atoms with E-state index >= 15 is 0 Å². The molecule has 0 aliphatic carbocycles. The normalized spacial score (nSPS) is 27.3. The van der Waals surface area contributed by atoms with E-state index in [1.807, 2.05) is 0 Å². The van der Waals surface area contributed by atoms with Crippen molar-refractivity contribution in [2.45, 2.75) is 57.3 Å². The molecule has 152 valence electrons. The average Bonchev–Trinajstić information content (AvgIpc) is 2.88. The van der Waals surface area contributed by atoms with Crippen LogP contribution in [-0.2, 0) is 18.6 Å². The fourth-order valence-corrected chi connectivity index (χ4v) is 3.26. The first-order valence-corrected chi connectivity index (χ1v) is 10.9. The molecule has 0 bridgehead atoms. The summed E-state index contributed by atoms with van der Waals surface area (Å²) < 4.78 is 28.1. The van der Waals surface area contributed by atoms with Gasteiger partial charge in [0.1, 0.15) is 11.7 Å². The zero-order valence-corrected chi connectivity index (χ0v) is 16.3. The summed E-state index contributed by atoms with van der Waals surface area (Å²) in [5, 5.41) is 20.1. The Bertz CT molecular complexity index is 679. The Morgan fingerprint density at radius 3 is 2.70 bits per heavy atom. The smallest absolute Gasteiger partial charge is 0.344 e. The van der Waals surface area contributed by atoms with Crippen molar-refractivity contribution < 1.29 is 43.0 Å². The van der Waals surface area contributed by atoms with Gasteiger partial charge in [0.25, 0.3) is 6.23 Å². The number of carbonyl (C=O) groups excluding carboxylic acids is 1. The van der Waals surface area contributed by atoms with Crippen LogP contribution in [0.2, 0.25) is 0 Å². The van der Waals surface area contributed by atoms with Crippen LogP contribution in [-0.4, -0.2) is 52.8 Å². The molecule has 10 heteroatoms. The van der Waals surface area contributed by atoms with Crippen LogP contribution < -0.4 is 4.57 Å². The van der Waals surface area contributed by atoms with Gasteiger partial charge in [-0.3, -0.25) is 13.8 Å². The molecular formula is C17H27NO8P+. The summed E-state index contributed by atoms with van der Waals surface area (Å²) in [4.78, 5) is 21.4. The van der Waals surface area contributed by atoms with E-state index in [9.17, 15) is 24.5 Å². The van der Waals surface area contributed by atoms with Crippen molar-refractivity contribution in [3.05, 3.63) is 30.1 Å². The second kappa shape index (κ2) is 9.73. The molecule has 9 nitrogen and oxygen atoms in total. The van der Waals surface area contributed by atoms with Crippen LogP contribution in [0.1, 0.15) is 49.2 Å². The maximum absolute atomic E-state index is 12.2. The predicted octanol–water partition coefficient (Wildman–Crippen LogP) is 1.12. The second-order valence-electron chi connectivity index (χ2n) is 6.52. The van der Waals surface area contributed by atoms with Crippen LogP contribution >= 0.6 is 7.60 Å². The highest BCUT2D eigenvalue weighted by Gasteiger charge is 2.50. The summed E-state index contributed by atoms with van der Waals surface area (Å²) in [6, 6.07) is 3.13. The molecule has 2 rings (SSSR count). The number of aliphatic hydroxyl groups excluding tert-OH is 2. The molecule has 27 heavy (non-hydrogen) atoms. The maximum atomic E-state index is 12.2. The van der Waals surface area contributed by atoms with E-state index in [-0.39, 0.29) is 5.56 Å². The van der Waals surface area contributed by atoms with Crippen molar-refractivity contribution in [3.63, 3.8) is 0 Å². The molecule has 0 amide bonds. The third kappa shape index (κ3) is 6.34. The van der Waals surface area contributed by atoms with Crippen molar-refractivity contribution in [2.24, 2.45) is 0 Å². The molecule has 1 fully saturated rings. The number of carbonyl (C=O) groups is 1. The zero-order valence-electron chi connectivity index (χ0n) is 15.4. The molecule has 1 saturated heterocycles. The highest BCUT2D eigenvalue weighted by Crippen LogP contribution is 2.42. The molecule has 0 saturated carbocycles. The predicted molar refractivity (Wildman–Crippen MR) is 93.8 cm³/mol. The van der Waals surface area contributed by atoms with E-state index in [0.29, 0.717) is 6.61 Å². The van der Waals surface area contributed by atoms with Crippen molar-refractivity contribution in [1.29, 1.82) is 0 Å². The monoisotopic (exact) mass is 404 g/mol. The summed E-state index contributed by atoms with van der Waals surface area (Å²) in [7, 11) is -3.92. The molecule has 1 aliphatic heterocycles. The number of pyridine rings is 1. The fourth-order valence-electron chi connectivity index (χ4n) is 2.70. The minimum atomic E-state index is -3.92. The van der Waals surface area contributed by atoms with Crippen molar-refractivity contribution in [2.75, 3.05) is 13.3 Å². The summed E-state index contributed by atoms with van der Waals surface area (Å²) in [6.07, 6.45) is 1.44. The van der Waals surface area contributed by atoms with Crippen LogP contribution in [0.4, 0.5) is 0 Å². The molecule has 0 radical (unpaired) electrons. The lowest BCUT2D eigenvalue weighted by Crippen LogP contribution is -2.46. The van der Waals surface area contributed by atoms with Crippen LogP contribution in [0.3, 0.4) is 0 Å². The highest BCUT2D eigenvalue weighted by atomic mass is 31.2. The highest BCUT2D eigenvalue weighted by molar-refractivity contribution is 7.51. The molecule has 0 aromatic carbocycles. The Morgan fingerprint density at radius 2 is 2.04 bits per heavy atom. The van der Waals surface area contributed by atoms with Crippen LogP contribution in [0, 0.1) is 0 Å². The first-order valence-electron chi connectivity index (χ1n) is 8.91. The number of ether oxygens (including phenoxy) is 2. The van der Waals surface area contributed by atoms with Crippen molar-refractivity contribution in [1.82, 2.24) is 0 Å². The molecule has 1 aromatic heterocycles. The third-order valence-corrected chi connectivity index (χ3v) is 4.68. The molecule has 1 aliphatic rings. The number of aromatic nitrogens is 1. The van der Waals surface area contributed by atoms with E-state index in [1.165, 1.54) is 17.0 Å². The number of hydrogen-bond acceptors (Lipinski definition) is 7. The van der Waals surface area contributed by atoms with Crippen molar-refractivity contribution >= 4 is 13.6 Å². The molecule has 2 heterocycles. The van der Waals surface area contributed by atoms with Gasteiger partial charge in [0.15, 0.2) is 18.5 Å². The van der Waals surface area contributed by atoms with E-state index in [2.05, 4.69) is 6.92 Å². The zero-order chi connectivity index (χ0) is 20.0. The number of nitrogens with zero attached hydrogens (tertiary/aromatic N) is 1. The van der Waals surface area contributed by atoms with Gasteiger partial charge in [0.2, 0.25) is 6.29 Å². The number of hydrogen-bond donors (Lipinski definition) is 3. The Kier molecular flexibility index (Phi) is 7.91. The molecule has 3 N–H and O–H groups in total. The maximum Gasteiger partial charge on any atom is 0.344 e. The largest absolute Gasteiger partial charge is 0.462 e. The summed E-state index contributed by atoms with van der Waals surface area (Å²) in [5.74, 6) is -0.505. The van der Waals surface area contributed by atoms with E-state index < -0.39 is 38.3 Å². The molecular weight excluding hydrogens is 377 g/mol. The van der Waals surface area contributed by atoms with Gasteiger partial charge in [-0.15, -0.1) is 0 Å². The Hall–Kier alpha value is -1.35. The fraction of sp³-hybridized carbons (Fsp3) is 0.647. The van der Waals surface area contributed by atoms with E-state index in [0.717, 1.165) is 32.3 Å². The van der Waals surface area contributed by atoms with Gasteiger partial charge in [0.05, 0.1) is 6.61 Å². The molecule has 1 aromatic rings. The first-order chi connectivity index (χ1) is 12.7. The minimum absolute atomic E-state index is 0.256. The molecule has 1 unspecified atom stereocenters. The van der Waals surface area contributed by atoms with Crippen LogP contribution in [0.15, 0.2) is 24.5 Å². The third-order valence-electron chi connectivity index (χ3n) is 4.08. The van der Waals surface area contributed by atoms with Crippen molar-refractivity contribution in [3.8, 4) is 0 Å². The number of rotatable bonds is 9. The topological polar surface area (TPSA) is 126 Å². The second-order valence-corrected chi connectivity index (χ2v) is 8.34. The minimum Gasteiger partial charge on any atom is -0.462 e. The van der Waals surface area contributed by atoms with Gasteiger partial charge in [0, 0.05) is 12.7 Å². The Morgan fingerprint density at radius 1 is 1.30 bits per heavy atom. The lowest BCUT2D eigenvalue weighted by Gasteiger charge is -2.15. The Labute approximate surface area is 158 Å². The van der Waals surface area contributed by atoms with E-state index in [1.54, 1.807) is 12.1 Å². The summed E-state index contributed by atoms with van der Waals surface area (Å²) in [5.41, 5.74) is 0.256. The molecule has 0 spiro atoms. The van der Waals surface area contributed by atoms with Gasteiger partial charge in [-0.05, 0) is 12.5 Å². The molecule has 5 atom stereocenters. The number of unbranched alkanes of at least 4 members (excludes halogenated alkanes) is 3. The van der Waals surface area contributed by atoms with Gasteiger partial charge in [-0.2, -0.15) is 4.57 Å². The van der Waals surface area contributed by atoms with Crippen LogP contribution in [0.25, 0.3) is 0 Å². The van der Waals surface area contributed by atoms with Crippen LogP contribution in [0.5, 0.6) is 0 Å². The average molecular weight is 404 g/mol. The van der Waals surface area contributed by atoms with Gasteiger partial charge in [-0.25, -0.2) is 4.79 Å². The van der Waals surface area contributed by atoms with Gasteiger partial charge >= 0.3 is 13.6 Å². The first kappa shape index (κ1) is 21.9. The standard InChI is InChI=1S/C17H26NO8P/c1-3-4-5-6-10-24-16(21)12-8-7-9-18(11-12)15-13(19)14(20)17(25-15)26-27(2,22)23/h7-9,11,13-15,17,19-20H,3-6,10H2,1-2H3/p+1/t13-,14+,15+,17+/m0/s1. The summed E-state index contributed by atoms with van der Waals surface area (Å²) in [6.45, 7) is 3.38. The lowest BCUT2D eigenvalue weighted by atomic mass is 10.2. The van der Waals surface area contributed by atoms with E-state index in [4.69, 9.17) is 14.0 Å². The van der Waals surface area contributed by atoms with Gasteiger partial charge < -0.3 is 19.8 Å².